The van der Waals surface area contributed by atoms with Gasteiger partial charge in [-0.25, -0.2) is 0 Å². The molecular formula is C9H8BrNO. The number of rotatable bonds is 0. The Morgan fingerprint density at radius 3 is 2.92 bits per heavy atom. The van der Waals surface area contributed by atoms with Crippen molar-refractivity contribution in [2.45, 2.75) is 6.42 Å². The Morgan fingerprint density at radius 2 is 2.08 bits per heavy atom. The van der Waals surface area contributed by atoms with Crippen LogP contribution in [0.5, 0.6) is 0 Å². The van der Waals surface area contributed by atoms with Crippen molar-refractivity contribution >= 4 is 27.6 Å². The molecule has 2 rings (SSSR count). The summed E-state index contributed by atoms with van der Waals surface area (Å²) in [6.45, 7) is 0.469. The first kappa shape index (κ1) is 7.80. The molecule has 1 aliphatic heterocycles. The van der Waals surface area contributed by atoms with Crippen LogP contribution in [0.4, 0.5) is 5.69 Å². The standard InChI is InChI=1S/C9H8BrNO/c10-11-6-8(12)5-7-3-1-2-4-9(7)11/h1-4H,5-6H2. The summed E-state index contributed by atoms with van der Waals surface area (Å²) in [4.78, 5) is 11.2. The van der Waals surface area contributed by atoms with Crippen LogP contribution in [-0.2, 0) is 11.2 Å². The van der Waals surface area contributed by atoms with Crippen molar-refractivity contribution in [2.75, 3.05) is 10.5 Å². The summed E-state index contributed by atoms with van der Waals surface area (Å²) in [6, 6.07) is 7.93. The molecule has 0 aliphatic carbocycles. The third kappa shape index (κ3) is 1.25. The zero-order valence-corrected chi connectivity index (χ0v) is 8.04. The maximum Gasteiger partial charge on any atom is 0.157 e. The predicted octanol–water partition coefficient (Wildman–Crippen LogP) is 1.93. The van der Waals surface area contributed by atoms with Crippen LogP contribution in [0.2, 0.25) is 0 Å². The Bertz CT molecular complexity index is 324. The number of nitrogens with zero attached hydrogens (tertiary/aromatic N) is 1. The van der Waals surface area contributed by atoms with E-state index >= 15 is 0 Å². The van der Waals surface area contributed by atoms with Crippen LogP contribution < -0.4 is 3.93 Å². The second kappa shape index (κ2) is 2.90. The Kier molecular flexibility index (Phi) is 1.89. The van der Waals surface area contributed by atoms with E-state index < -0.39 is 0 Å². The number of carbonyl (C=O) groups excluding carboxylic acids is 1. The van der Waals surface area contributed by atoms with Crippen molar-refractivity contribution in [2.24, 2.45) is 0 Å². The van der Waals surface area contributed by atoms with E-state index in [1.807, 2.05) is 28.2 Å². The number of fused-ring (bicyclic) bond motifs is 1. The quantitative estimate of drug-likeness (QED) is 0.630. The van der Waals surface area contributed by atoms with Gasteiger partial charge in [0.15, 0.2) is 5.78 Å². The summed E-state index contributed by atoms with van der Waals surface area (Å²) in [5.74, 6) is 0.255. The first-order chi connectivity index (χ1) is 5.77. The van der Waals surface area contributed by atoms with Crippen molar-refractivity contribution < 1.29 is 4.79 Å². The van der Waals surface area contributed by atoms with Crippen LogP contribution in [0.1, 0.15) is 5.56 Å². The van der Waals surface area contributed by atoms with Crippen molar-refractivity contribution in [1.82, 2.24) is 0 Å². The highest BCUT2D eigenvalue weighted by Gasteiger charge is 2.19. The number of hydrogen-bond acceptors (Lipinski definition) is 2. The van der Waals surface area contributed by atoms with Crippen molar-refractivity contribution in [1.29, 1.82) is 0 Å². The second-order valence-electron chi connectivity index (χ2n) is 2.86. The number of Topliss-reactive ketones (excluding diaryl/α,β-unsaturated/α-hetero) is 1. The molecule has 0 saturated heterocycles. The van der Waals surface area contributed by atoms with Gasteiger partial charge in [0.05, 0.1) is 28.4 Å². The fourth-order valence-electron chi connectivity index (χ4n) is 1.41. The lowest BCUT2D eigenvalue weighted by atomic mass is 10.0. The van der Waals surface area contributed by atoms with Crippen molar-refractivity contribution in [3.63, 3.8) is 0 Å². The van der Waals surface area contributed by atoms with E-state index in [4.69, 9.17) is 0 Å². The Balaban J connectivity index is 2.47. The van der Waals surface area contributed by atoms with E-state index in [2.05, 4.69) is 16.1 Å². The first-order valence-corrected chi connectivity index (χ1v) is 4.51. The minimum Gasteiger partial charge on any atom is -0.301 e. The molecule has 0 atom stereocenters. The van der Waals surface area contributed by atoms with Gasteiger partial charge in [-0.15, -0.1) is 0 Å². The molecule has 3 heteroatoms. The van der Waals surface area contributed by atoms with Crippen LogP contribution in [0.3, 0.4) is 0 Å². The third-order valence-electron chi connectivity index (χ3n) is 1.96. The number of hydrogen-bond donors (Lipinski definition) is 0. The number of carbonyl (C=O) groups is 1. The molecule has 0 bridgehead atoms. The average Bonchev–Trinajstić information content (AvgIpc) is 2.04. The number of ketones is 1. The normalized spacial score (nSPS) is 16.1. The molecule has 0 saturated carbocycles. The summed E-state index contributed by atoms with van der Waals surface area (Å²) in [5, 5.41) is 0. The van der Waals surface area contributed by atoms with Gasteiger partial charge in [0.1, 0.15) is 0 Å². The van der Waals surface area contributed by atoms with E-state index in [9.17, 15) is 4.79 Å². The molecule has 1 aromatic rings. The Hall–Kier alpha value is -0.830. The lowest BCUT2D eigenvalue weighted by molar-refractivity contribution is -0.117. The zero-order valence-electron chi connectivity index (χ0n) is 6.46. The first-order valence-electron chi connectivity index (χ1n) is 3.80. The van der Waals surface area contributed by atoms with E-state index in [1.54, 1.807) is 0 Å². The number of anilines is 1. The highest BCUT2D eigenvalue weighted by Crippen LogP contribution is 2.27. The molecule has 2 nitrogen and oxygen atoms in total. The molecule has 0 unspecified atom stereocenters. The summed E-state index contributed by atoms with van der Waals surface area (Å²) in [5.41, 5.74) is 2.21. The Morgan fingerprint density at radius 1 is 1.33 bits per heavy atom. The molecule has 12 heavy (non-hydrogen) atoms. The molecule has 1 aromatic carbocycles. The summed E-state index contributed by atoms with van der Waals surface area (Å²) >= 11 is 3.34. The van der Waals surface area contributed by atoms with E-state index in [0.29, 0.717) is 13.0 Å². The number of para-hydroxylation sites is 1. The maximum absolute atomic E-state index is 11.2. The van der Waals surface area contributed by atoms with E-state index in [0.717, 1.165) is 11.3 Å². The zero-order chi connectivity index (χ0) is 8.55. The predicted molar refractivity (Wildman–Crippen MR) is 51.4 cm³/mol. The Labute approximate surface area is 79.5 Å². The van der Waals surface area contributed by atoms with Crippen LogP contribution in [-0.4, -0.2) is 12.3 Å². The van der Waals surface area contributed by atoms with Gasteiger partial charge in [0.25, 0.3) is 0 Å². The molecule has 62 valence electrons. The van der Waals surface area contributed by atoms with Crippen LogP contribution in [0.15, 0.2) is 24.3 Å². The van der Waals surface area contributed by atoms with Crippen LogP contribution in [0, 0.1) is 0 Å². The van der Waals surface area contributed by atoms with Gasteiger partial charge in [-0.1, -0.05) is 18.2 Å². The van der Waals surface area contributed by atoms with E-state index in [-0.39, 0.29) is 5.78 Å². The van der Waals surface area contributed by atoms with Gasteiger partial charge >= 0.3 is 0 Å². The average molecular weight is 226 g/mol. The second-order valence-corrected chi connectivity index (χ2v) is 3.72. The largest absolute Gasteiger partial charge is 0.301 e. The summed E-state index contributed by atoms with van der Waals surface area (Å²) in [7, 11) is 0. The molecule has 0 N–H and O–H groups in total. The van der Waals surface area contributed by atoms with Gasteiger partial charge < -0.3 is 3.93 Å². The third-order valence-corrected chi connectivity index (χ3v) is 2.59. The summed E-state index contributed by atoms with van der Waals surface area (Å²) < 4.78 is 1.81. The van der Waals surface area contributed by atoms with E-state index in [1.165, 1.54) is 0 Å². The molecule has 0 fully saturated rings. The molecule has 0 amide bonds. The van der Waals surface area contributed by atoms with Gasteiger partial charge in [-0.2, -0.15) is 0 Å². The fourth-order valence-corrected chi connectivity index (χ4v) is 2.03. The highest BCUT2D eigenvalue weighted by molar-refractivity contribution is 9.10. The SMILES string of the molecule is O=C1Cc2ccccc2N(Br)C1. The van der Waals surface area contributed by atoms with Crippen LogP contribution in [0.25, 0.3) is 0 Å². The van der Waals surface area contributed by atoms with Gasteiger partial charge in [-0.3, -0.25) is 4.79 Å². The lowest BCUT2D eigenvalue weighted by Gasteiger charge is -2.23. The molecule has 1 aliphatic rings. The minimum atomic E-state index is 0.255. The highest BCUT2D eigenvalue weighted by atomic mass is 79.9. The van der Waals surface area contributed by atoms with Gasteiger partial charge in [-0.05, 0) is 11.6 Å². The van der Waals surface area contributed by atoms with Gasteiger partial charge in [0.2, 0.25) is 0 Å². The fraction of sp³-hybridized carbons (Fsp3) is 0.222. The molecular weight excluding hydrogens is 218 g/mol. The number of benzene rings is 1. The number of halogens is 1. The molecule has 0 aromatic heterocycles. The van der Waals surface area contributed by atoms with Crippen molar-refractivity contribution in [3.8, 4) is 0 Å². The maximum atomic E-state index is 11.2. The smallest absolute Gasteiger partial charge is 0.157 e. The summed E-state index contributed by atoms with van der Waals surface area (Å²) in [6.07, 6.45) is 0.568. The van der Waals surface area contributed by atoms with Gasteiger partial charge in [0, 0.05) is 6.42 Å². The lowest BCUT2D eigenvalue weighted by Crippen LogP contribution is -2.27. The minimum absolute atomic E-state index is 0.255. The molecule has 0 radical (unpaired) electrons. The monoisotopic (exact) mass is 225 g/mol. The topological polar surface area (TPSA) is 20.3 Å². The van der Waals surface area contributed by atoms with Crippen molar-refractivity contribution in [3.05, 3.63) is 29.8 Å². The molecule has 0 spiro atoms. The molecule has 1 heterocycles. The van der Waals surface area contributed by atoms with Crippen LogP contribution >= 0.6 is 16.1 Å².